The summed E-state index contributed by atoms with van der Waals surface area (Å²) >= 11 is 4.66. The number of carbonyl (C=O) groups is 2. The van der Waals surface area contributed by atoms with Crippen LogP contribution in [-0.2, 0) is 9.59 Å². The molecule has 0 atom stereocenters. The molecule has 36 heavy (non-hydrogen) atoms. The van der Waals surface area contributed by atoms with Crippen LogP contribution in [0.2, 0.25) is 0 Å². The van der Waals surface area contributed by atoms with Gasteiger partial charge < -0.3 is 20.1 Å². The van der Waals surface area contributed by atoms with Crippen LogP contribution in [0.5, 0.6) is 11.5 Å². The van der Waals surface area contributed by atoms with Crippen molar-refractivity contribution in [3.05, 3.63) is 87.0 Å². The number of hydrogen-bond donors (Lipinski definition) is 2. The zero-order valence-electron chi connectivity index (χ0n) is 19.3. The number of thioether (sulfide) groups is 1. The highest BCUT2D eigenvalue weighted by Gasteiger charge is 2.24. The minimum Gasteiger partial charge on any atom is -0.493 e. The van der Waals surface area contributed by atoms with Crippen molar-refractivity contribution in [2.45, 2.75) is 6.92 Å². The molecule has 10 heteroatoms. The first-order valence-electron chi connectivity index (χ1n) is 10.7. The molecule has 0 spiro atoms. The normalized spacial score (nSPS) is 15.2. The van der Waals surface area contributed by atoms with Crippen LogP contribution in [0.1, 0.15) is 11.1 Å². The highest BCUT2D eigenvalue weighted by Crippen LogP contribution is 2.36. The molecule has 0 bridgehead atoms. The molecule has 2 amide bonds. The van der Waals surface area contributed by atoms with Gasteiger partial charge in [0.05, 0.1) is 17.7 Å². The lowest BCUT2D eigenvalue weighted by molar-refractivity contribution is -0.118. The van der Waals surface area contributed by atoms with Crippen LogP contribution in [-0.4, -0.2) is 30.7 Å². The summed E-state index contributed by atoms with van der Waals surface area (Å²) in [5, 5.41) is 5.87. The maximum atomic E-state index is 13.1. The van der Waals surface area contributed by atoms with Gasteiger partial charge in [0.25, 0.3) is 11.8 Å². The Kier molecular flexibility index (Phi) is 8.07. The molecule has 0 aliphatic carbocycles. The molecule has 0 unspecified atom stereocenters. The summed E-state index contributed by atoms with van der Waals surface area (Å²) in [6, 6.07) is 16.5. The average molecular weight is 570 g/mol. The molecule has 184 valence electrons. The van der Waals surface area contributed by atoms with Crippen molar-refractivity contribution in [2.24, 2.45) is 4.99 Å². The SMILES string of the molecule is COc1cc(/C=C2/SC(=Nc3ccc(F)cc3)NC2=O)c(Br)cc1OCC(=O)Nc1ccc(C)cc1. The number of halogens is 2. The predicted molar refractivity (Wildman–Crippen MR) is 143 cm³/mol. The Bertz CT molecular complexity index is 1360. The highest BCUT2D eigenvalue weighted by molar-refractivity contribution is 9.10. The van der Waals surface area contributed by atoms with E-state index in [1.165, 1.54) is 43.1 Å². The van der Waals surface area contributed by atoms with Gasteiger partial charge in [0.1, 0.15) is 5.82 Å². The summed E-state index contributed by atoms with van der Waals surface area (Å²) in [7, 11) is 1.49. The smallest absolute Gasteiger partial charge is 0.264 e. The van der Waals surface area contributed by atoms with Crippen molar-refractivity contribution in [3.8, 4) is 11.5 Å². The van der Waals surface area contributed by atoms with Gasteiger partial charge in [-0.15, -0.1) is 0 Å². The average Bonchev–Trinajstić information content (AvgIpc) is 3.20. The van der Waals surface area contributed by atoms with Crippen molar-refractivity contribution in [1.29, 1.82) is 0 Å². The minimum atomic E-state index is -0.360. The number of anilines is 1. The third-order valence-corrected chi connectivity index (χ3v) is 6.57. The fourth-order valence-corrected chi connectivity index (χ4v) is 4.44. The third-order valence-electron chi connectivity index (χ3n) is 4.97. The van der Waals surface area contributed by atoms with E-state index in [0.29, 0.717) is 43.0 Å². The number of amides is 2. The lowest BCUT2D eigenvalue weighted by Crippen LogP contribution is -2.20. The molecule has 1 fully saturated rings. The summed E-state index contributed by atoms with van der Waals surface area (Å²) in [5.74, 6) is -0.208. The molecule has 0 saturated carbocycles. The summed E-state index contributed by atoms with van der Waals surface area (Å²) in [6.45, 7) is 1.76. The molecule has 0 radical (unpaired) electrons. The quantitative estimate of drug-likeness (QED) is 0.350. The molecule has 4 rings (SSSR count). The van der Waals surface area contributed by atoms with Crippen LogP contribution >= 0.6 is 27.7 Å². The number of nitrogens with one attached hydrogen (secondary N) is 2. The van der Waals surface area contributed by atoms with Crippen LogP contribution in [0.4, 0.5) is 15.8 Å². The Morgan fingerprint density at radius 1 is 1.14 bits per heavy atom. The maximum Gasteiger partial charge on any atom is 0.264 e. The number of hydrogen-bond acceptors (Lipinski definition) is 6. The van der Waals surface area contributed by atoms with Crippen LogP contribution in [0.25, 0.3) is 6.08 Å². The van der Waals surface area contributed by atoms with E-state index in [9.17, 15) is 14.0 Å². The number of carbonyl (C=O) groups excluding carboxylic acids is 2. The van der Waals surface area contributed by atoms with Gasteiger partial charge in [-0.25, -0.2) is 9.38 Å². The Morgan fingerprint density at radius 2 is 1.86 bits per heavy atom. The largest absolute Gasteiger partial charge is 0.493 e. The zero-order valence-corrected chi connectivity index (χ0v) is 21.7. The van der Waals surface area contributed by atoms with E-state index >= 15 is 0 Å². The monoisotopic (exact) mass is 569 g/mol. The van der Waals surface area contributed by atoms with E-state index in [1.54, 1.807) is 18.2 Å². The number of aliphatic imine (C=N–C) groups is 1. The van der Waals surface area contributed by atoms with E-state index < -0.39 is 0 Å². The van der Waals surface area contributed by atoms with Gasteiger partial charge in [-0.3, -0.25) is 9.59 Å². The lowest BCUT2D eigenvalue weighted by atomic mass is 10.2. The zero-order chi connectivity index (χ0) is 25.7. The van der Waals surface area contributed by atoms with Crippen molar-refractivity contribution in [2.75, 3.05) is 19.0 Å². The standard InChI is InChI=1S/C26H21BrFN3O4S/c1-15-3-7-18(8-4-15)29-24(32)14-35-22-13-20(27)16(11-21(22)34-2)12-23-25(33)31-26(36-23)30-19-9-5-17(28)6-10-19/h3-13H,14H2,1-2H3,(H,29,32)(H,30,31,33)/b23-12+. The molecular weight excluding hydrogens is 549 g/mol. The Hall–Kier alpha value is -3.63. The minimum absolute atomic E-state index is 0.210. The van der Waals surface area contributed by atoms with Crippen molar-refractivity contribution >= 4 is 62.1 Å². The molecule has 2 N–H and O–H groups in total. The molecular formula is C26H21BrFN3O4S. The van der Waals surface area contributed by atoms with Gasteiger partial charge in [-0.2, -0.15) is 0 Å². The molecule has 1 heterocycles. The summed E-state index contributed by atoms with van der Waals surface area (Å²) in [4.78, 5) is 29.5. The van der Waals surface area contributed by atoms with Gasteiger partial charge in [-0.05, 0) is 78.9 Å². The maximum absolute atomic E-state index is 13.1. The lowest BCUT2D eigenvalue weighted by Gasteiger charge is -2.13. The first-order valence-corrected chi connectivity index (χ1v) is 12.3. The molecule has 3 aromatic rings. The van der Waals surface area contributed by atoms with E-state index in [0.717, 1.165) is 5.56 Å². The molecule has 1 aliphatic rings. The Labute approximate surface area is 219 Å². The van der Waals surface area contributed by atoms with Crippen LogP contribution in [0, 0.1) is 12.7 Å². The molecule has 1 aliphatic heterocycles. The highest BCUT2D eigenvalue weighted by atomic mass is 79.9. The van der Waals surface area contributed by atoms with Crippen molar-refractivity contribution < 1.29 is 23.5 Å². The second-order valence-electron chi connectivity index (χ2n) is 7.69. The van der Waals surface area contributed by atoms with Crippen molar-refractivity contribution in [1.82, 2.24) is 5.32 Å². The number of benzene rings is 3. The molecule has 3 aromatic carbocycles. The van der Waals surface area contributed by atoms with Gasteiger partial charge in [0, 0.05) is 10.2 Å². The van der Waals surface area contributed by atoms with E-state index in [-0.39, 0.29) is 24.2 Å². The van der Waals surface area contributed by atoms with E-state index in [4.69, 9.17) is 9.47 Å². The predicted octanol–water partition coefficient (Wildman–Crippen LogP) is 5.81. The number of rotatable bonds is 7. The Morgan fingerprint density at radius 3 is 2.56 bits per heavy atom. The summed E-state index contributed by atoms with van der Waals surface area (Å²) in [5.41, 5.74) is 2.97. The van der Waals surface area contributed by atoms with E-state index in [2.05, 4.69) is 31.6 Å². The topological polar surface area (TPSA) is 89.0 Å². The number of nitrogens with zero attached hydrogens (tertiary/aromatic N) is 1. The van der Waals surface area contributed by atoms with Crippen LogP contribution in [0.15, 0.2) is 75.0 Å². The molecule has 0 aromatic heterocycles. The van der Waals surface area contributed by atoms with Crippen LogP contribution in [0.3, 0.4) is 0 Å². The van der Waals surface area contributed by atoms with E-state index in [1.807, 2.05) is 31.2 Å². The van der Waals surface area contributed by atoms with Crippen molar-refractivity contribution in [3.63, 3.8) is 0 Å². The first kappa shape index (κ1) is 25.5. The Balaban J connectivity index is 1.46. The van der Waals surface area contributed by atoms with Crippen LogP contribution < -0.4 is 20.1 Å². The number of aryl methyl sites for hydroxylation is 1. The second-order valence-corrected chi connectivity index (χ2v) is 9.57. The number of ether oxygens (including phenoxy) is 2. The fraction of sp³-hybridized carbons (Fsp3) is 0.115. The molecule has 1 saturated heterocycles. The fourth-order valence-electron chi connectivity index (χ4n) is 3.17. The summed E-state index contributed by atoms with van der Waals surface area (Å²) < 4.78 is 24.9. The number of amidine groups is 1. The first-order chi connectivity index (χ1) is 17.3. The van der Waals surface area contributed by atoms with Gasteiger partial charge >= 0.3 is 0 Å². The third kappa shape index (κ3) is 6.52. The number of methoxy groups -OCH3 is 1. The molecule has 7 nitrogen and oxygen atoms in total. The van der Waals surface area contributed by atoms with Gasteiger partial charge in [0.2, 0.25) is 0 Å². The second kappa shape index (κ2) is 11.4. The van der Waals surface area contributed by atoms with Gasteiger partial charge in [-0.1, -0.05) is 33.6 Å². The summed E-state index contributed by atoms with van der Waals surface area (Å²) in [6.07, 6.45) is 1.69. The van der Waals surface area contributed by atoms with Gasteiger partial charge in [0.15, 0.2) is 23.3 Å².